The summed E-state index contributed by atoms with van der Waals surface area (Å²) in [5.74, 6) is 0.265. The van der Waals surface area contributed by atoms with Gasteiger partial charge >= 0.3 is 0 Å². The topological polar surface area (TPSA) is 76.7 Å². The Labute approximate surface area is 147 Å². The van der Waals surface area contributed by atoms with Crippen LogP contribution in [0.25, 0.3) is 0 Å². The van der Waals surface area contributed by atoms with Crippen molar-refractivity contribution >= 4 is 23.2 Å². The highest BCUT2D eigenvalue weighted by Crippen LogP contribution is 2.29. The van der Waals surface area contributed by atoms with E-state index in [1.54, 1.807) is 18.2 Å². The second kappa shape index (κ2) is 8.73. The Kier molecular flexibility index (Phi) is 6.39. The van der Waals surface area contributed by atoms with Gasteiger partial charge in [-0.15, -0.1) is 0 Å². The molecule has 0 saturated heterocycles. The highest BCUT2D eigenvalue weighted by molar-refractivity contribution is 6.08. The summed E-state index contributed by atoms with van der Waals surface area (Å²) in [6.45, 7) is 2.01. The molecule has 0 bridgehead atoms. The van der Waals surface area contributed by atoms with Crippen molar-refractivity contribution in [3.63, 3.8) is 0 Å². The van der Waals surface area contributed by atoms with E-state index in [4.69, 9.17) is 9.47 Å². The van der Waals surface area contributed by atoms with Crippen LogP contribution >= 0.6 is 0 Å². The second-order valence-electron chi connectivity index (χ2n) is 5.35. The number of rotatable bonds is 7. The standard InChI is InChI=1S/C19H22N2O4/c1-4-13-7-5-6-8-15(13)20-18(22)12-19(23)21-16-11-14(24-2)9-10-17(16)25-3/h5-11H,4,12H2,1-3H3,(H,20,22)(H,21,23). The number of ether oxygens (including phenoxy) is 2. The van der Waals surface area contributed by atoms with Crippen LogP contribution in [0, 0.1) is 0 Å². The molecule has 2 aromatic carbocycles. The van der Waals surface area contributed by atoms with E-state index in [0.29, 0.717) is 17.2 Å². The third-order valence-corrected chi connectivity index (χ3v) is 3.67. The maximum atomic E-state index is 12.2. The third kappa shape index (κ3) is 4.97. The van der Waals surface area contributed by atoms with Gasteiger partial charge in [-0.1, -0.05) is 25.1 Å². The predicted molar refractivity (Wildman–Crippen MR) is 97.2 cm³/mol. The van der Waals surface area contributed by atoms with Crippen LogP contribution in [0.5, 0.6) is 11.5 Å². The second-order valence-corrected chi connectivity index (χ2v) is 5.35. The van der Waals surface area contributed by atoms with Crippen LogP contribution in [0.4, 0.5) is 11.4 Å². The number of benzene rings is 2. The molecule has 0 saturated carbocycles. The lowest BCUT2D eigenvalue weighted by Crippen LogP contribution is -2.22. The molecule has 2 amide bonds. The number of amides is 2. The van der Waals surface area contributed by atoms with Crippen molar-refractivity contribution in [2.45, 2.75) is 19.8 Å². The molecule has 0 atom stereocenters. The van der Waals surface area contributed by atoms with E-state index in [1.807, 2.05) is 31.2 Å². The lowest BCUT2D eigenvalue weighted by Gasteiger charge is -2.12. The fourth-order valence-electron chi connectivity index (χ4n) is 2.40. The minimum Gasteiger partial charge on any atom is -0.497 e. The van der Waals surface area contributed by atoms with Crippen molar-refractivity contribution in [2.75, 3.05) is 24.9 Å². The van der Waals surface area contributed by atoms with E-state index in [9.17, 15) is 9.59 Å². The molecule has 2 rings (SSSR count). The van der Waals surface area contributed by atoms with Crippen LogP contribution in [0.2, 0.25) is 0 Å². The summed E-state index contributed by atoms with van der Waals surface area (Å²) in [5.41, 5.74) is 2.20. The zero-order valence-corrected chi connectivity index (χ0v) is 14.6. The summed E-state index contributed by atoms with van der Waals surface area (Å²) in [6.07, 6.45) is 0.502. The van der Waals surface area contributed by atoms with Crippen molar-refractivity contribution in [1.29, 1.82) is 0 Å². The van der Waals surface area contributed by atoms with Gasteiger partial charge in [0.15, 0.2) is 0 Å². The van der Waals surface area contributed by atoms with Gasteiger partial charge < -0.3 is 20.1 Å². The maximum absolute atomic E-state index is 12.2. The van der Waals surface area contributed by atoms with Crippen molar-refractivity contribution in [3.8, 4) is 11.5 Å². The molecule has 0 heterocycles. The van der Waals surface area contributed by atoms with Gasteiger partial charge in [0.2, 0.25) is 11.8 Å². The first-order chi connectivity index (χ1) is 12.1. The summed E-state index contributed by atoms with van der Waals surface area (Å²) >= 11 is 0. The fourth-order valence-corrected chi connectivity index (χ4v) is 2.40. The van der Waals surface area contributed by atoms with Crippen molar-refractivity contribution in [1.82, 2.24) is 0 Å². The Morgan fingerprint density at radius 2 is 1.60 bits per heavy atom. The largest absolute Gasteiger partial charge is 0.497 e. The van der Waals surface area contributed by atoms with E-state index in [-0.39, 0.29) is 12.3 Å². The summed E-state index contributed by atoms with van der Waals surface area (Å²) in [6, 6.07) is 12.6. The molecule has 0 aliphatic heterocycles. The molecule has 0 unspecified atom stereocenters. The van der Waals surface area contributed by atoms with Gasteiger partial charge in [0.1, 0.15) is 17.9 Å². The SMILES string of the molecule is CCc1ccccc1NC(=O)CC(=O)Nc1cc(OC)ccc1OC. The van der Waals surface area contributed by atoms with Crippen LogP contribution in [0.1, 0.15) is 18.9 Å². The minimum atomic E-state index is -0.432. The quantitative estimate of drug-likeness (QED) is 0.758. The van der Waals surface area contributed by atoms with Gasteiger partial charge in [-0.3, -0.25) is 9.59 Å². The van der Waals surface area contributed by atoms with Crippen molar-refractivity contribution < 1.29 is 19.1 Å². The lowest BCUT2D eigenvalue weighted by molar-refractivity contribution is -0.123. The van der Waals surface area contributed by atoms with Crippen molar-refractivity contribution in [3.05, 3.63) is 48.0 Å². The first-order valence-electron chi connectivity index (χ1n) is 7.97. The molecule has 0 aromatic heterocycles. The maximum Gasteiger partial charge on any atom is 0.233 e. The fraction of sp³-hybridized carbons (Fsp3) is 0.263. The van der Waals surface area contributed by atoms with Crippen molar-refractivity contribution in [2.24, 2.45) is 0 Å². The number of methoxy groups -OCH3 is 2. The van der Waals surface area contributed by atoms with Gasteiger partial charge in [0.25, 0.3) is 0 Å². The Balaban J connectivity index is 2.01. The molecule has 6 heteroatoms. The highest BCUT2D eigenvalue weighted by atomic mass is 16.5. The van der Waals surface area contributed by atoms with E-state index < -0.39 is 5.91 Å². The first kappa shape index (κ1) is 18.3. The molecule has 25 heavy (non-hydrogen) atoms. The van der Waals surface area contributed by atoms with E-state index in [0.717, 1.165) is 17.7 Å². The number of para-hydroxylation sites is 1. The molecule has 0 spiro atoms. The number of carbonyl (C=O) groups excluding carboxylic acids is 2. The van der Waals surface area contributed by atoms with E-state index in [2.05, 4.69) is 10.6 Å². The van der Waals surface area contributed by atoms with E-state index >= 15 is 0 Å². The van der Waals surface area contributed by atoms with Crippen LogP contribution < -0.4 is 20.1 Å². The molecule has 0 aliphatic carbocycles. The Morgan fingerprint density at radius 1 is 0.920 bits per heavy atom. The smallest absolute Gasteiger partial charge is 0.233 e. The molecule has 132 valence electrons. The summed E-state index contributed by atoms with van der Waals surface area (Å²) in [7, 11) is 3.04. The number of aryl methyl sites for hydroxylation is 1. The Morgan fingerprint density at radius 3 is 2.24 bits per heavy atom. The minimum absolute atomic E-state index is 0.293. The Hall–Kier alpha value is -3.02. The molecule has 6 nitrogen and oxygen atoms in total. The van der Waals surface area contributed by atoms with E-state index in [1.165, 1.54) is 14.2 Å². The highest BCUT2D eigenvalue weighted by Gasteiger charge is 2.14. The Bertz CT molecular complexity index is 759. The summed E-state index contributed by atoms with van der Waals surface area (Å²) in [5, 5.41) is 5.45. The van der Waals surface area contributed by atoms with Gasteiger partial charge in [-0.2, -0.15) is 0 Å². The van der Waals surface area contributed by atoms with Gasteiger partial charge in [-0.25, -0.2) is 0 Å². The lowest BCUT2D eigenvalue weighted by atomic mass is 10.1. The van der Waals surface area contributed by atoms with Crippen LogP contribution in [-0.2, 0) is 16.0 Å². The molecule has 2 N–H and O–H groups in total. The predicted octanol–water partition coefficient (Wildman–Crippen LogP) is 3.23. The molecular formula is C19H22N2O4. The zero-order chi connectivity index (χ0) is 18.2. The monoisotopic (exact) mass is 342 g/mol. The number of nitrogens with one attached hydrogen (secondary N) is 2. The van der Waals surface area contributed by atoms with Gasteiger partial charge in [0.05, 0.1) is 19.9 Å². The number of carbonyl (C=O) groups is 2. The first-order valence-corrected chi connectivity index (χ1v) is 7.97. The number of anilines is 2. The van der Waals surface area contributed by atoms with Crippen LogP contribution in [0.3, 0.4) is 0 Å². The summed E-state index contributed by atoms with van der Waals surface area (Å²) in [4.78, 5) is 24.3. The average Bonchev–Trinajstić information content (AvgIpc) is 2.61. The number of hydrogen-bond acceptors (Lipinski definition) is 4. The molecule has 0 aliphatic rings. The summed E-state index contributed by atoms with van der Waals surface area (Å²) < 4.78 is 10.3. The molecule has 0 fully saturated rings. The number of hydrogen-bond donors (Lipinski definition) is 2. The molecular weight excluding hydrogens is 320 g/mol. The normalized spacial score (nSPS) is 10.0. The molecule has 0 radical (unpaired) electrons. The van der Waals surface area contributed by atoms with Gasteiger partial charge in [-0.05, 0) is 30.2 Å². The van der Waals surface area contributed by atoms with Gasteiger partial charge in [0, 0.05) is 11.8 Å². The van der Waals surface area contributed by atoms with Crippen LogP contribution in [-0.4, -0.2) is 26.0 Å². The zero-order valence-electron chi connectivity index (χ0n) is 14.6. The average molecular weight is 342 g/mol. The molecule has 2 aromatic rings. The third-order valence-electron chi connectivity index (χ3n) is 3.67. The van der Waals surface area contributed by atoms with Crippen LogP contribution in [0.15, 0.2) is 42.5 Å².